The highest BCUT2D eigenvalue weighted by atomic mass is 79.9. The van der Waals surface area contributed by atoms with E-state index in [2.05, 4.69) is 33.2 Å². The van der Waals surface area contributed by atoms with Crippen molar-refractivity contribution in [1.29, 1.82) is 0 Å². The number of aliphatic imine (C=N–C) groups is 1. The van der Waals surface area contributed by atoms with E-state index < -0.39 is 0 Å². The second-order valence-electron chi connectivity index (χ2n) is 7.56. The highest BCUT2D eigenvalue weighted by Crippen LogP contribution is 2.33. The number of ether oxygens (including phenoxy) is 2. The Balaban J connectivity index is 1.48. The number of nitrogens with one attached hydrogen (secondary N) is 1. The van der Waals surface area contributed by atoms with Crippen LogP contribution in [0.25, 0.3) is 6.08 Å². The SMILES string of the molecule is CCOc1cc(/C=C2\SC(=Nc3ccc(CC)cc3)NC2=O)ccc1OCc1ccc(Br)cc1. The van der Waals surface area contributed by atoms with Gasteiger partial charge in [-0.3, -0.25) is 4.79 Å². The van der Waals surface area contributed by atoms with Gasteiger partial charge in [0.2, 0.25) is 0 Å². The van der Waals surface area contributed by atoms with Crippen molar-refractivity contribution in [2.45, 2.75) is 26.9 Å². The molecule has 1 saturated heterocycles. The molecule has 4 rings (SSSR count). The number of carbonyl (C=O) groups excluding carboxylic acids is 1. The number of hydrogen-bond acceptors (Lipinski definition) is 5. The van der Waals surface area contributed by atoms with Crippen LogP contribution in [0.15, 0.2) is 81.1 Å². The van der Waals surface area contributed by atoms with Crippen LogP contribution >= 0.6 is 27.7 Å². The molecular formula is C27H25BrN2O3S. The van der Waals surface area contributed by atoms with Crippen LogP contribution < -0.4 is 14.8 Å². The summed E-state index contributed by atoms with van der Waals surface area (Å²) in [5, 5.41) is 3.41. The highest BCUT2D eigenvalue weighted by Gasteiger charge is 2.24. The summed E-state index contributed by atoms with van der Waals surface area (Å²) in [5.74, 6) is 1.14. The number of benzene rings is 3. The Bertz CT molecular complexity index is 1220. The van der Waals surface area contributed by atoms with Gasteiger partial charge in [-0.25, -0.2) is 4.99 Å². The minimum Gasteiger partial charge on any atom is -0.490 e. The summed E-state index contributed by atoms with van der Waals surface area (Å²) in [4.78, 5) is 17.6. The first-order valence-electron chi connectivity index (χ1n) is 11.1. The van der Waals surface area contributed by atoms with Crippen LogP contribution in [-0.4, -0.2) is 17.7 Å². The maximum atomic E-state index is 12.5. The zero-order chi connectivity index (χ0) is 23.9. The lowest BCUT2D eigenvalue weighted by molar-refractivity contribution is -0.115. The lowest BCUT2D eigenvalue weighted by Crippen LogP contribution is -2.19. The van der Waals surface area contributed by atoms with Gasteiger partial charge in [-0.1, -0.05) is 53.2 Å². The van der Waals surface area contributed by atoms with Crippen molar-refractivity contribution < 1.29 is 14.3 Å². The van der Waals surface area contributed by atoms with E-state index in [0.29, 0.717) is 34.8 Å². The Hall–Kier alpha value is -3.03. The van der Waals surface area contributed by atoms with E-state index >= 15 is 0 Å². The first-order chi connectivity index (χ1) is 16.5. The Morgan fingerprint density at radius 1 is 0.941 bits per heavy atom. The normalized spacial score (nSPS) is 15.6. The average molecular weight is 537 g/mol. The molecule has 1 heterocycles. The van der Waals surface area contributed by atoms with Crippen molar-refractivity contribution in [3.63, 3.8) is 0 Å². The van der Waals surface area contributed by atoms with Gasteiger partial charge in [-0.2, -0.15) is 0 Å². The third-order valence-electron chi connectivity index (χ3n) is 5.10. The molecule has 1 aliphatic heterocycles. The van der Waals surface area contributed by atoms with E-state index in [1.165, 1.54) is 17.3 Å². The fourth-order valence-corrected chi connectivity index (χ4v) is 4.41. The largest absolute Gasteiger partial charge is 0.490 e. The molecule has 0 spiro atoms. The molecule has 3 aromatic carbocycles. The molecule has 0 atom stereocenters. The van der Waals surface area contributed by atoms with Crippen LogP contribution in [0.1, 0.15) is 30.5 Å². The molecule has 3 aromatic rings. The molecule has 174 valence electrons. The Morgan fingerprint density at radius 2 is 1.68 bits per heavy atom. The van der Waals surface area contributed by atoms with Crippen molar-refractivity contribution in [3.8, 4) is 11.5 Å². The first kappa shape index (κ1) is 24.1. The number of halogens is 1. The van der Waals surface area contributed by atoms with Gasteiger partial charge in [-0.05, 0) is 84.3 Å². The molecule has 1 fully saturated rings. The van der Waals surface area contributed by atoms with Crippen LogP contribution in [0.2, 0.25) is 0 Å². The Labute approximate surface area is 212 Å². The van der Waals surface area contributed by atoms with Gasteiger partial charge in [0.05, 0.1) is 17.2 Å². The maximum absolute atomic E-state index is 12.5. The van der Waals surface area contributed by atoms with Crippen molar-refractivity contribution in [3.05, 3.63) is 92.8 Å². The van der Waals surface area contributed by atoms with Gasteiger partial charge in [0.15, 0.2) is 16.7 Å². The zero-order valence-corrected chi connectivity index (χ0v) is 21.4. The molecule has 0 radical (unpaired) electrons. The molecule has 1 aliphatic rings. The number of rotatable bonds is 8. The summed E-state index contributed by atoms with van der Waals surface area (Å²) < 4.78 is 12.8. The van der Waals surface area contributed by atoms with Gasteiger partial charge >= 0.3 is 0 Å². The minimum atomic E-state index is -0.164. The molecule has 1 amide bonds. The predicted octanol–water partition coefficient (Wildman–Crippen LogP) is 6.88. The van der Waals surface area contributed by atoms with E-state index in [0.717, 1.165) is 27.7 Å². The van der Waals surface area contributed by atoms with Crippen LogP contribution in [0.5, 0.6) is 11.5 Å². The summed E-state index contributed by atoms with van der Waals surface area (Å²) in [5.41, 5.74) is 3.98. The van der Waals surface area contributed by atoms with Gasteiger partial charge in [0.25, 0.3) is 5.91 Å². The fraction of sp³-hybridized carbons (Fsp3) is 0.185. The number of nitrogens with zero attached hydrogens (tertiary/aromatic N) is 1. The second-order valence-corrected chi connectivity index (χ2v) is 9.50. The number of carbonyl (C=O) groups is 1. The summed E-state index contributed by atoms with van der Waals surface area (Å²) in [7, 11) is 0. The van der Waals surface area contributed by atoms with Crippen LogP contribution in [0.3, 0.4) is 0 Å². The molecule has 34 heavy (non-hydrogen) atoms. The summed E-state index contributed by atoms with van der Waals surface area (Å²) >= 11 is 4.77. The van der Waals surface area contributed by atoms with Crippen LogP contribution in [0, 0.1) is 0 Å². The first-order valence-corrected chi connectivity index (χ1v) is 12.7. The highest BCUT2D eigenvalue weighted by molar-refractivity contribution is 9.10. The van der Waals surface area contributed by atoms with Gasteiger partial charge in [0, 0.05) is 4.47 Å². The van der Waals surface area contributed by atoms with E-state index in [4.69, 9.17) is 9.47 Å². The maximum Gasteiger partial charge on any atom is 0.264 e. The second kappa shape index (κ2) is 11.4. The topological polar surface area (TPSA) is 59.9 Å². The molecule has 0 aromatic heterocycles. The zero-order valence-electron chi connectivity index (χ0n) is 19.0. The number of amidine groups is 1. The number of thioether (sulfide) groups is 1. The Morgan fingerprint density at radius 3 is 2.38 bits per heavy atom. The van der Waals surface area contributed by atoms with Gasteiger partial charge in [-0.15, -0.1) is 0 Å². The van der Waals surface area contributed by atoms with Gasteiger partial charge in [0.1, 0.15) is 6.61 Å². The van der Waals surface area contributed by atoms with E-state index in [1.54, 1.807) is 0 Å². The molecule has 5 nitrogen and oxygen atoms in total. The lowest BCUT2D eigenvalue weighted by atomic mass is 10.1. The monoisotopic (exact) mass is 536 g/mol. The molecule has 0 bridgehead atoms. The smallest absolute Gasteiger partial charge is 0.264 e. The average Bonchev–Trinajstić information content (AvgIpc) is 3.18. The van der Waals surface area contributed by atoms with E-state index in [1.807, 2.05) is 79.7 Å². The van der Waals surface area contributed by atoms with Crippen molar-refractivity contribution in [2.75, 3.05) is 6.61 Å². The van der Waals surface area contributed by atoms with E-state index in [-0.39, 0.29) is 5.91 Å². The predicted molar refractivity (Wildman–Crippen MR) is 143 cm³/mol. The molecule has 0 aliphatic carbocycles. The van der Waals surface area contributed by atoms with Crippen LogP contribution in [0.4, 0.5) is 5.69 Å². The molecule has 0 unspecified atom stereocenters. The van der Waals surface area contributed by atoms with Gasteiger partial charge < -0.3 is 14.8 Å². The third-order valence-corrected chi connectivity index (χ3v) is 6.54. The summed E-state index contributed by atoms with van der Waals surface area (Å²) in [6.07, 6.45) is 2.82. The quantitative estimate of drug-likeness (QED) is 0.318. The Kier molecular flexibility index (Phi) is 8.08. The van der Waals surface area contributed by atoms with E-state index in [9.17, 15) is 4.79 Å². The fourth-order valence-electron chi connectivity index (χ4n) is 3.30. The lowest BCUT2D eigenvalue weighted by Gasteiger charge is -2.13. The molecule has 7 heteroatoms. The van der Waals surface area contributed by atoms with Crippen molar-refractivity contribution >= 4 is 50.5 Å². The number of amides is 1. The minimum absolute atomic E-state index is 0.164. The summed E-state index contributed by atoms with van der Waals surface area (Å²) in [6, 6.07) is 21.7. The molecule has 1 N–H and O–H groups in total. The molecule has 0 saturated carbocycles. The summed E-state index contributed by atoms with van der Waals surface area (Å²) in [6.45, 7) is 4.99. The van der Waals surface area contributed by atoms with Crippen molar-refractivity contribution in [1.82, 2.24) is 5.32 Å². The van der Waals surface area contributed by atoms with Crippen molar-refractivity contribution in [2.24, 2.45) is 4.99 Å². The molecular weight excluding hydrogens is 512 g/mol. The standard InChI is InChI=1S/C27H25BrN2O3S/c1-3-18-7-12-22(13-8-18)29-27-30-26(31)25(34-27)16-20-9-14-23(24(15-20)32-4-2)33-17-19-5-10-21(28)11-6-19/h5-16H,3-4,17H2,1-2H3,(H,29,30,31)/b25-16-. The number of aryl methyl sites for hydroxylation is 1. The third kappa shape index (κ3) is 6.30. The van der Waals surface area contributed by atoms with Crippen LogP contribution in [-0.2, 0) is 17.8 Å². The number of hydrogen-bond donors (Lipinski definition) is 1.